The summed E-state index contributed by atoms with van der Waals surface area (Å²) in [6.45, 7) is 1.90. The average molecular weight is 155 g/mol. The Morgan fingerprint density at radius 1 is 1.73 bits per heavy atom. The molecular weight excluding hydrogens is 142 g/mol. The second-order valence-electron chi connectivity index (χ2n) is 2.52. The fourth-order valence-electron chi connectivity index (χ4n) is 1.01. The Balaban J connectivity index is 3.05. The average Bonchev–Trinajstić information content (AvgIpc) is 2.30. The van der Waals surface area contributed by atoms with Crippen LogP contribution in [0.15, 0.2) is 6.20 Å². The molecule has 62 valence electrons. The van der Waals surface area contributed by atoms with Gasteiger partial charge in [0, 0.05) is 13.1 Å². The minimum atomic E-state index is -0.0290. The predicted octanol–water partition coefficient (Wildman–Crippen LogP) is 0.448. The molecule has 1 heterocycles. The monoisotopic (exact) mass is 155 g/mol. The van der Waals surface area contributed by atoms with E-state index in [1.807, 2.05) is 14.0 Å². The third-order valence-electron chi connectivity index (χ3n) is 1.59. The van der Waals surface area contributed by atoms with Crippen molar-refractivity contribution in [2.24, 2.45) is 12.8 Å². The van der Waals surface area contributed by atoms with Gasteiger partial charge in [-0.3, -0.25) is 0 Å². The maximum atomic E-state index is 5.67. The number of aromatic nitrogens is 2. The largest absolute Gasteiger partial charge is 0.481 e. The van der Waals surface area contributed by atoms with Crippen LogP contribution >= 0.6 is 0 Å². The normalized spacial score (nSPS) is 13.1. The van der Waals surface area contributed by atoms with Gasteiger partial charge in [-0.2, -0.15) is 5.10 Å². The van der Waals surface area contributed by atoms with Crippen LogP contribution in [0.2, 0.25) is 0 Å². The molecule has 0 aliphatic rings. The van der Waals surface area contributed by atoms with E-state index in [4.69, 9.17) is 10.5 Å². The zero-order valence-electron chi connectivity index (χ0n) is 7.03. The van der Waals surface area contributed by atoms with E-state index in [1.54, 1.807) is 18.0 Å². The molecule has 0 fully saturated rings. The molecule has 0 aliphatic heterocycles. The molecule has 0 radical (unpaired) electrons. The molecule has 4 nitrogen and oxygen atoms in total. The van der Waals surface area contributed by atoms with Gasteiger partial charge in [0.2, 0.25) is 5.88 Å². The van der Waals surface area contributed by atoms with Gasteiger partial charge in [0.15, 0.2) is 0 Å². The second kappa shape index (κ2) is 2.92. The van der Waals surface area contributed by atoms with Gasteiger partial charge in [-0.25, -0.2) is 4.68 Å². The summed E-state index contributed by atoms with van der Waals surface area (Å²) in [5.41, 5.74) is 6.61. The molecule has 4 heteroatoms. The van der Waals surface area contributed by atoms with Gasteiger partial charge in [-0.05, 0) is 6.92 Å². The zero-order valence-corrected chi connectivity index (χ0v) is 7.03. The molecule has 0 spiro atoms. The number of nitrogens with two attached hydrogens (primary N) is 1. The molecule has 0 aromatic carbocycles. The van der Waals surface area contributed by atoms with Crippen molar-refractivity contribution in [3.05, 3.63) is 11.8 Å². The predicted molar refractivity (Wildman–Crippen MR) is 42.4 cm³/mol. The van der Waals surface area contributed by atoms with Gasteiger partial charge >= 0.3 is 0 Å². The molecule has 1 rings (SSSR count). The van der Waals surface area contributed by atoms with Crippen LogP contribution in [0.5, 0.6) is 5.88 Å². The van der Waals surface area contributed by atoms with E-state index in [0.717, 1.165) is 11.4 Å². The lowest BCUT2D eigenvalue weighted by atomic mass is 10.2. The smallest absolute Gasteiger partial charge is 0.216 e. The van der Waals surface area contributed by atoms with Crippen molar-refractivity contribution in [1.82, 2.24) is 9.78 Å². The third-order valence-corrected chi connectivity index (χ3v) is 1.59. The summed E-state index contributed by atoms with van der Waals surface area (Å²) >= 11 is 0. The lowest BCUT2D eigenvalue weighted by Gasteiger charge is -2.05. The highest BCUT2D eigenvalue weighted by Gasteiger charge is 2.11. The standard InChI is InChI=1S/C7H13N3O/c1-5(8)6-4-9-10(2)7(6)11-3/h4-5H,8H2,1-3H3. The SMILES string of the molecule is COc1c(C(C)N)cnn1C. The fraction of sp³-hybridized carbons (Fsp3) is 0.571. The van der Waals surface area contributed by atoms with Gasteiger partial charge in [0.05, 0.1) is 18.9 Å². The first-order valence-corrected chi connectivity index (χ1v) is 3.48. The fourth-order valence-corrected chi connectivity index (χ4v) is 1.01. The number of aryl methyl sites for hydroxylation is 1. The van der Waals surface area contributed by atoms with Crippen molar-refractivity contribution in [1.29, 1.82) is 0 Å². The molecule has 0 saturated carbocycles. The van der Waals surface area contributed by atoms with Crippen molar-refractivity contribution in [2.45, 2.75) is 13.0 Å². The molecule has 0 bridgehead atoms. The first-order chi connectivity index (χ1) is 5.16. The van der Waals surface area contributed by atoms with E-state index in [9.17, 15) is 0 Å². The summed E-state index contributed by atoms with van der Waals surface area (Å²) in [6, 6.07) is -0.0290. The Bertz CT molecular complexity index is 242. The molecule has 1 atom stereocenters. The quantitative estimate of drug-likeness (QED) is 0.674. The van der Waals surface area contributed by atoms with Crippen molar-refractivity contribution >= 4 is 0 Å². The van der Waals surface area contributed by atoms with Gasteiger partial charge in [-0.1, -0.05) is 0 Å². The molecule has 1 unspecified atom stereocenters. The first-order valence-electron chi connectivity index (χ1n) is 3.48. The lowest BCUT2D eigenvalue weighted by molar-refractivity contribution is 0.367. The Labute approximate surface area is 66.0 Å². The number of methoxy groups -OCH3 is 1. The highest BCUT2D eigenvalue weighted by Crippen LogP contribution is 2.21. The summed E-state index contributed by atoms with van der Waals surface area (Å²) in [4.78, 5) is 0. The van der Waals surface area contributed by atoms with Crippen LogP contribution in [-0.2, 0) is 7.05 Å². The van der Waals surface area contributed by atoms with E-state index in [1.165, 1.54) is 0 Å². The third kappa shape index (κ3) is 1.35. The number of hydrogen-bond acceptors (Lipinski definition) is 3. The molecular formula is C7H13N3O. The maximum Gasteiger partial charge on any atom is 0.216 e. The zero-order chi connectivity index (χ0) is 8.43. The molecule has 0 aliphatic carbocycles. The molecule has 1 aromatic rings. The van der Waals surface area contributed by atoms with Crippen molar-refractivity contribution in [3.63, 3.8) is 0 Å². The van der Waals surface area contributed by atoms with Crippen molar-refractivity contribution < 1.29 is 4.74 Å². The molecule has 0 saturated heterocycles. The Kier molecular flexibility index (Phi) is 2.14. The van der Waals surface area contributed by atoms with Crippen LogP contribution in [0.4, 0.5) is 0 Å². The minimum Gasteiger partial charge on any atom is -0.481 e. The summed E-state index contributed by atoms with van der Waals surface area (Å²) < 4.78 is 6.76. The maximum absolute atomic E-state index is 5.67. The Morgan fingerprint density at radius 3 is 2.73 bits per heavy atom. The summed E-state index contributed by atoms with van der Waals surface area (Å²) in [6.07, 6.45) is 1.73. The minimum absolute atomic E-state index is 0.0290. The summed E-state index contributed by atoms with van der Waals surface area (Å²) in [5, 5.41) is 4.02. The van der Waals surface area contributed by atoms with Crippen LogP contribution in [0.1, 0.15) is 18.5 Å². The van der Waals surface area contributed by atoms with Crippen molar-refractivity contribution in [3.8, 4) is 5.88 Å². The van der Waals surface area contributed by atoms with Gasteiger partial charge in [0.25, 0.3) is 0 Å². The van der Waals surface area contributed by atoms with Crippen LogP contribution in [0, 0.1) is 0 Å². The molecule has 0 amide bonds. The van der Waals surface area contributed by atoms with Crippen LogP contribution in [0.3, 0.4) is 0 Å². The van der Waals surface area contributed by atoms with Crippen LogP contribution in [-0.4, -0.2) is 16.9 Å². The Morgan fingerprint density at radius 2 is 2.36 bits per heavy atom. The van der Waals surface area contributed by atoms with Crippen LogP contribution in [0.25, 0.3) is 0 Å². The van der Waals surface area contributed by atoms with Gasteiger partial charge < -0.3 is 10.5 Å². The highest BCUT2D eigenvalue weighted by molar-refractivity contribution is 5.26. The van der Waals surface area contributed by atoms with E-state index >= 15 is 0 Å². The van der Waals surface area contributed by atoms with E-state index < -0.39 is 0 Å². The number of hydrogen-bond donors (Lipinski definition) is 1. The van der Waals surface area contributed by atoms with E-state index in [2.05, 4.69) is 5.10 Å². The first kappa shape index (κ1) is 8.07. The number of ether oxygens (including phenoxy) is 1. The Hall–Kier alpha value is -1.03. The summed E-state index contributed by atoms with van der Waals surface area (Å²) in [5.74, 6) is 0.736. The van der Waals surface area contributed by atoms with E-state index in [0.29, 0.717) is 0 Å². The van der Waals surface area contributed by atoms with Crippen molar-refractivity contribution in [2.75, 3.05) is 7.11 Å². The molecule has 2 N–H and O–H groups in total. The lowest BCUT2D eigenvalue weighted by Crippen LogP contribution is -2.06. The number of rotatable bonds is 2. The van der Waals surface area contributed by atoms with E-state index in [-0.39, 0.29) is 6.04 Å². The van der Waals surface area contributed by atoms with Crippen LogP contribution < -0.4 is 10.5 Å². The van der Waals surface area contributed by atoms with Gasteiger partial charge in [-0.15, -0.1) is 0 Å². The highest BCUT2D eigenvalue weighted by atomic mass is 16.5. The molecule has 1 aromatic heterocycles. The summed E-state index contributed by atoms with van der Waals surface area (Å²) in [7, 11) is 3.44. The molecule has 11 heavy (non-hydrogen) atoms. The topological polar surface area (TPSA) is 53.1 Å². The second-order valence-corrected chi connectivity index (χ2v) is 2.52. The number of nitrogens with zero attached hydrogens (tertiary/aromatic N) is 2. The van der Waals surface area contributed by atoms with Gasteiger partial charge in [0.1, 0.15) is 0 Å².